The van der Waals surface area contributed by atoms with E-state index in [1.165, 1.54) is 7.11 Å². The molecule has 7 nitrogen and oxygen atoms in total. The number of hydrogen-bond donors (Lipinski definition) is 0. The summed E-state index contributed by atoms with van der Waals surface area (Å²) in [5.41, 5.74) is 1.28. The molecule has 1 saturated heterocycles. The molecule has 0 spiro atoms. The van der Waals surface area contributed by atoms with E-state index in [2.05, 4.69) is 15.0 Å². The van der Waals surface area contributed by atoms with Gasteiger partial charge in [0.25, 0.3) is 5.91 Å². The fraction of sp³-hybridized carbons (Fsp3) is 0.286. The molecule has 1 aromatic heterocycles. The average molecular weight is 482 g/mol. The summed E-state index contributed by atoms with van der Waals surface area (Å²) in [6.07, 6.45) is 0. The molecule has 0 aliphatic carbocycles. The van der Waals surface area contributed by atoms with Gasteiger partial charge in [-0.1, -0.05) is 40.0 Å². The molecule has 1 aliphatic rings. The quantitative estimate of drug-likeness (QED) is 0.528. The number of halogens is 3. The van der Waals surface area contributed by atoms with Gasteiger partial charge >= 0.3 is 0 Å². The molecule has 3 aromatic rings. The van der Waals surface area contributed by atoms with Crippen molar-refractivity contribution in [2.45, 2.75) is 6.54 Å². The Morgan fingerprint density at radius 3 is 2.32 bits per heavy atom. The van der Waals surface area contributed by atoms with Crippen LogP contribution in [-0.2, 0) is 6.54 Å². The highest BCUT2D eigenvalue weighted by molar-refractivity contribution is 6.37. The molecule has 10 heteroatoms. The van der Waals surface area contributed by atoms with Gasteiger partial charge in [0.15, 0.2) is 5.75 Å². The molecule has 0 saturated carbocycles. The van der Waals surface area contributed by atoms with Crippen molar-refractivity contribution >= 4 is 40.7 Å². The molecule has 0 unspecified atom stereocenters. The van der Waals surface area contributed by atoms with Crippen LogP contribution >= 0.6 is 34.8 Å². The molecule has 2 aromatic carbocycles. The zero-order valence-corrected chi connectivity index (χ0v) is 18.9. The van der Waals surface area contributed by atoms with E-state index in [-0.39, 0.29) is 5.91 Å². The van der Waals surface area contributed by atoms with Crippen LogP contribution in [0.4, 0.5) is 0 Å². The van der Waals surface area contributed by atoms with Crippen LogP contribution in [0.15, 0.2) is 40.9 Å². The highest BCUT2D eigenvalue weighted by atomic mass is 35.5. The molecule has 1 fully saturated rings. The molecule has 31 heavy (non-hydrogen) atoms. The predicted octanol–water partition coefficient (Wildman–Crippen LogP) is 4.66. The van der Waals surface area contributed by atoms with Gasteiger partial charge < -0.3 is 14.2 Å². The first-order valence-corrected chi connectivity index (χ1v) is 10.7. The molecule has 0 bridgehead atoms. The second kappa shape index (κ2) is 9.44. The SMILES string of the molecule is COc1c(Cl)cc(C(=O)N2CCN(Cc3nc(-c4ccc(Cl)cc4)no3)CC2)cc1Cl. The number of nitrogens with zero attached hydrogens (tertiary/aromatic N) is 4. The van der Waals surface area contributed by atoms with Gasteiger partial charge in [-0.2, -0.15) is 4.98 Å². The van der Waals surface area contributed by atoms with Crippen LogP contribution < -0.4 is 4.74 Å². The molecular formula is C21H19Cl3N4O3. The predicted molar refractivity (Wildman–Crippen MR) is 119 cm³/mol. The van der Waals surface area contributed by atoms with E-state index in [1.807, 2.05) is 12.1 Å². The van der Waals surface area contributed by atoms with Crippen LogP contribution in [0, 0.1) is 0 Å². The molecular weight excluding hydrogens is 463 g/mol. The Morgan fingerprint density at radius 2 is 1.71 bits per heavy atom. The number of benzene rings is 2. The summed E-state index contributed by atoms with van der Waals surface area (Å²) in [6.45, 7) is 3.02. The van der Waals surface area contributed by atoms with E-state index in [0.29, 0.717) is 70.8 Å². The van der Waals surface area contributed by atoms with E-state index >= 15 is 0 Å². The Kier molecular flexibility index (Phi) is 6.67. The summed E-state index contributed by atoms with van der Waals surface area (Å²) >= 11 is 18.3. The van der Waals surface area contributed by atoms with Crippen LogP contribution in [0.3, 0.4) is 0 Å². The number of hydrogen-bond acceptors (Lipinski definition) is 6. The average Bonchev–Trinajstić information content (AvgIpc) is 3.22. The van der Waals surface area contributed by atoms with Gasteiger partial charge in [0.2, 0.25) is 11.7 Å². The van der Waals surface area contributed by atoms with Crippen molar-refractivity contribution in [1.82, 2.24) is 19.9 Å². The van der Waals surface area contributed by atoms with Crippen LogP contribution in [0.5, 0.6) is 5.75 Å². The number of aromatic nitrogens is 2. The van der Waals surface area contributed by atoms with Gasteiger partial charge in [-0.05, 0) is 36.4 Å². The lowest BCUT2D eigenvalue weighted by Crippen LogP contribution is -2.48. The molecule has 0 radical (unpaired) electrons. The maximum Gasteiger partial charge on any atom is 0.254 e. The van der Waals surface area contributed by atoms with Gasteiger partial charge in [0, 0.05) is 42.3 Å². The van der Waals surface area contributed by atoms with Gasteiger partial charge in [-0.15, -0.1) is 0 Å². The maximum absolute atomic E-state index is 12.9. The normalized spacial score (nSPS) is 14.6. The summed E-state index contributed by atoms with van der Waals surface area (Å²) in [5, 5.41) is 5.31. The van der Waals surface area contributed by atoms with Crippen molar-refractivity contribution < 1.29 is 14.1 Å². The molecule has 1 amide bonds. The number of amides is 1. The first-order valence-electron chi connectivity index (χ1n) is 9.58. The number of methoxy groups -OCH3 is 1. The lowest BCUT2D eigenvalue weighted by Gasteiger charge is -2.34. The maximum atomic E-state index is 12.9. The summed E-state index contributed by atoms with van der Waals surface area (Å²) in [4.78, 5) is 21.2. The first kappa shape index (κ1) is 21.9. The summed E-state index contributed by atoms with van der Waals surface area (Å²) in [6, 6.07) is 10.4. The van der Waals surface area contributed by atoms with E-state index in [0.717, 1.165) is 5.56 Å². The molecule has 2 heterocycles. The summed E-state index contributed by atoms with van der Waals surface area (Å²) in [5.74, 6) is 1.29. The Hall–Kier alpha value is -2.32. The molecule has 4 rings (SSSR count). The van der Waals surface area contributed by atoms with Crippen molar-refractivity contribution in [2.24, 2.45) is 0 Å². The van der Waals surface area contributed by atoms with Gasteiger partial charge in [-0.3, -0.25) is 9.69 Å². The first-order chi connectivity index (χ1) is 14.9. The highest BCUT2D eigenvalue weighted by Crippen LogP contribution is 2.34. The van der Waals surface area contributed by atoms with E-state index in [1.54, 1.807) is 29.2 Å². The lowest BCUT2D eigenvalue weighted by atomic mass is 10.1. The third-order valence-corrected chi connectivity index (χ3v) is 5.85. The smallest absolute Gasteiger partial charge is 0.254 e. The number of carbonyl (C=O) groups excluding carboxylic acids is 1. The molecule has 0 N–H and O–H groups in total. The van der Waals surface area contributed by atoms with E-state index in [4.69, 9.17) is 44.1 Å². The highest BCUT2D eigenvalue weighted by Gasteiger charge is 2.25. The Morgan fingerprint density at radius 1 is 1.06 bits per heavy atom. The zero-order valence-electron chi connectivity index (χ0n) is 16.6. The van der Waals surface area contributed by atoms with Crippen molar-refractivity contribution in [3.8, 4) is 17.1 Å². The number of rotatable bonds is 5. The molecule has 0 atom stereocenters. The fourth-order valence-electron chi connectivity index (χ4n) is 3.40. The zero-order chi connectivity index (χ0) is 22.0. The Balaban J connectivity index is 1.35. The van der Waals surface area contributed by atoms with Crippen molar-refractivity contribution in [3.63, 3.8) is 0 Å². The van der Waals surface area contributed by atoms with Crippen LogP contribution in [0.1, 0.15) is 16.2 Å². The fourth-order valence-corrected chi connectivity index (χ4v) is 4.16. The van der Waals surface area contributed by atoms with Gasteiger partial charge in [-0.25, -0.2) is 0 Å². The topological polar surface area (TPSA) is 71.7 Å². The van der Waals surface area contributed by atoms with Crippen LogP contribution in [0.25, 0.3) is 11.4 Å². The van der Waals surface area contributed by atoms with E-state index < -0.39 is 0 Å². The second-order valence-corrected chi connectivity index (χ2v) is 8.31. The Bertz CT molecular complexity index is 1060. The molecule has 1 aliphatic heterocycles. The minimum atomic E-state index is -0.117. The van der Waals surface area contributed by atoms with Gasteiger partial charge in [0.1, 0.15) is 0 Å². The van der Waals surface area contributed by atoms with Crippen molar-refractivity contribution in [2.75, 3.05) is 33.3 Å². The van der Waals surface area contributed by atoms with Crippen LogP contribution in [-0.4, -0.2) is 59.1 Å². The molecule has 162 valence electrons. The monoisotopic (exact) mass is 480 g/mol. The van der Waals surface area contributed by atoms with Crippen molar-refractivity contribution in [3.05, 3.63) is 62.9 Å². The Labute approximate surface area is 194 Å². The number of piperazine rings is 1. The minimum Gasteiger partial charge on any atom is -0.494 e. The van der Waals surface area contributed by atoms with Crippen molar-refractivity contribution in [1.29, 1.82) is 0 Å². The summed E-state index contributed by atoms with van der Waals surface area (Å²) in [7, 11) is 1.48. The standard InChI is InChI=1S/C21H19Cl3N4O3/c1-30-19-16(23)10-14(11-17(19)24)21(29)28-8-6-27(7-9-28)12-18-25-20(26-31-18)13-2-4-15(22)5-3-13/h2-5,10-11H,6-9,12H2,1H3. The third kappa shape index (κ3) is 4.96. The lowest BCUT2D eigenvalue weighted by molar-refractivity contribution is 0.0615. The largest absolute Gasteiger partial charge is 0.494 e. The van der Waals surface area contributed by atoms with E-state index in [9.17, 15) is 4.79 Å². The number of ether oxygens (including phenoxy) is 1. The minimum absolute atomic E-state index is 0.117. The third-order valence-electron chi connectivity index (χ3n) is 5.04. The van der Waals surface area contributed by atoms with Gasteiger partial charge in [0.05, 0.1) is 23.7 Å². The number of carbonyl (C=O) groups is 1. The van der Waals surface area contributed by atoms with Crippen LogP contribution in [0.2, 0.25) is 15.1 Å². The second-order valence-electron chi connectivity index (χ2n) is 7.06. The summed E-state index contributed by atoms with van der Waals surface area (Å²) < 4.78 is 10.5.